The van der Waals surface area contributed by atoms with Crippen molar-refractivity contribution >= 4 is 29.0 Å². The summed E-state index contributed by atoms with van der Waals surface area (Å²) in [5.41, 5.74) is 1.04. The van der Waals surface area contributed by atoms with Crippen LogP contribution >= 0.6 is 0 Å². The van der Waals surface area contributed by atoms with Crippen LogP contribution < -0.4 is 10.6 Å². The number of fused-ring (bicyclic) bond motifs is 1. The summed E-state index contributed by atoms with van der Waals surface area (Å²) >= 11 is 0. The van der Waals surface area contributed by atoms with E-state index >= 15 is 0 Å². The first kappa shape index (κ1) is 25.7. The van der Waals surface area contributed by atoms with E-state index in [2.05, 4.69) is 10.6 Å². The van der Waals surface area contributed by atoms with Crippen LogP contribution in [0.1, 0.15) is 75.6 Å². The highest BCUT2D eigenvalue weighted by molar-refractivity contribution is 6.00. The van der Waals surface area contributed by atoms with Gasteiger partial charge < -0.3 is 15.7 Å². The number of aromatic nitrogens is 2. The maximum Gasteiger partial charge on any atom is 0.305 e. The molecule has 0 aliphatic heterocycles. The monoisotopic (exact) mass is 481 g/mol. The number of nitrogens with one attached hydrogen (secondary N) is 2. The van der Waals surface area contributed by atoms with Gasteiger partial charge in [0.05, 0.1) is 28.6 Å². The number of carbonyl (C=O) groups excluding carboxylic acids is 1. The van der Waals surface area contributed by atoms with Crippen LogP contribution in [0.5, 0.6) is 0 Å². The molecule has 0 fully saturated rings. The maximum absolute atomic E-state index is 13.4. The van der Waals surface area contributed by atoms with Gasteiger partial charge in [0.1, 0.15) is 5.82 Å². The van der Waals surface area contributed by atoms with Crippen LogP contribution in [0.15, 0.2) is 42.6 Å². The highest BCUT2D eigenvalue weighted by Gasteiger charge is 2.29. The minimum Gasteiger partial charge on any atom is -0.481 e. The lowest BCUT2D eigenvalue weighted by Crippen LogP contribution is -2.30. The van der Waals surface area contributed by atoms with Crippen LogP contribution in [0.3, 0.4) is 0 Å². The molecule has 1 amide bonds. The Morgan fingerprint density at radius 2 is 1.83 bits per heavy atom. The molecule has 0 aliphatic rings. The smallest absolute Gasteiger partial charge is 0.305 e. The summed E-state index contributed by atoms with van der Waals surface area (Å²) in [5.74, 6) is -0.899. The third kappa shape index (κ3) is 5.95. The van der Waals surface area contributed by atoms with Crippen LogP contribution in [0, 0.1) is 10.1 Å². The van der Waals surface area contributed by atoms with Gasteiger partial charge in [-0.1, -0.05) is 32.9 Å². The van der Waals surface area contributed by atoms with Gasteiger partial charge in [-0.05, 0) is 38.5 Å². The minimum absolute atomic E-state index is 0.185. The molecule has 0 saturated heterocycles. The first-order valence-electron chi connectivity index (χ1n) is 11.2. The van der Waals surface area contributed by atoms with Gasteiger partial charge in [0.2, 0.25) is 0 Å². The van der Waals surface area contributed by atoms with Crippen molar-refractivity contribution in [3.05, 3.63) is 69.5 Å². The number of imidazole rings is 1. The first-order chi connectivity index (χ1) is 16.2. The molecular weight excluding hydrogens is 450 g/mol. The molecule has 0 bridgehead atoms. The van der Waals surface area contributed by atoms with Crippen molar-refractivity contribution in [3.63, 3.8) is 0 Å². The summed E-state index contributed by atoms with van der Waals surface area (Å²) in [6.45, 7) is 12.2. The fourth-order valence-electron chi connectivity index (χ4n) is 3.76. The number of benzene rings is 1. The largest absolute Gasteiger partial charge is 0.481 e. The number of nitro groups is 1. The molecule has 3 N–H and O–H groups in total. The average Bonchev–Trinajstić information content (AvgIpc) is 3.10. The van der Waals surface area contributed by atoms with E-state index in [0.29, 0.717) is 11.2 Å². The van der Waals surface area contributed by atoms with Crippen LogP contribution in [-0.2, 0) is 10.2 Å². The number of carboxylic acids is 1. The summed E-state index contributed by atoms with van der Waals surface area (Å²) in [6, 6.07) is 7.98. The summed E-state index contributed by atoms with van der Waals surface area (Å²) < 4.78 is 1.82. The lowest BCUT2D eigenvalue weighted by molar-refractivity contribution is -0.384. The molecule has 0 aliphatic carbocycles. The number of anilines is 1. The Morgan fingerprint density at radius 3 is 2.40 bits per heavy atom. The van der Waals surface area contributed by atoms with Gasteiger partial charge in [-0.15, -0.1) is 0 Å². The van der Waals surface area contributed by atoms with E-state index in [9.17, 15) is 24.8 Å². The molecule has 1 atom stereocenters. The number of carboxylic acid groups (broad SMARTS) is 1. The van der Waals surface area contributed by atoms with Crippen molar-refractivity contribution < 1.29 is 19.6 Å². The number of aliphatic carboxylic acids is 1. The molecule has 2 heterocycles. The highest BCUT2D eigenvalue weighted by Crippen LogP contribution is 2.33. The van der Waals surface area contributed by atoms with Crippen molar-refractivity contribution in [2.75, 3.05) is 5.32 Å². The van der Waals surface area contributed by atoms with Crippen molar-refractivity contribution in [2.45, 2.75) is 65.0 Å². The number of hydrogen-bond donors (Lipinski definition) is 3. The summed E-state index contributed by atoms with van der Waals surface area (Å²) in [5, 5.41) is 26.8. The van der Waals surface area contributed by atoms with Gasteiger partial charge in [0.15, 0.2) is 5.65 Å². The molecular formula is C25H31N5O5. The molecule has 3 aromatic rings. The zero-order valence-corrected chi connectivity index (χ0v) is 20.7. The van der Waals surface area contributed by atoms with Gasteiger partial charge in [0, 0.05) is 29.3 Å². The Balaban J connectivity index is 2.07. The number of non-ortho nitro benzene ring substituents is 1. The highest BCUT2D eigenvalue weighted by atomic mass is 16.6. The predicted octanol–water partition coefficient (Wildman–Crippen LogP) is 4.70. The molecule has 0 saturated carbocycles. The standard InChI is InChI=1S/C25H31N5O5/c1-24(2,3)20-22(28-25(4,5)6)29-12-8-11-17(21(29)27-20)23(33)26-18(14-19(31)32)15-9-7-10-16(13-15)30(34)35/h7-13,18,28H,14H2,1-6H3,(H,26,33)(H,31,32). The number of carbonyl (C=O) groups is 2. The molecule has 10 heteroatoms. The quantitative estimate of drug-likeness (QED) is 0.328. The van der Waals surface area contributed by atoms with Crippen LogP contribution in [0.25, 0.3) is 5.65 Å². The van der Waals surface area contributed by atoms with Crippen molar-refractivity contribution in [2.24, 2.45) is 0 Å². The fourth-order valence-corrected chi connectivity index (χ4v) is 3.76. The third-order valence-electron chi connectivity index (χ3n) is 5.27. The van der Waals surface area contributed by atoms with Gasteiger partial charge in [0.25, 0.3) is 11.6 Å². The van der Waals surface area contributed by atoms with Gasteiger partial charge >= 0.3 is 5.97 Å². The van der Waals surface area contributed by atoms with Gasteiger partial charge in [-0.25, -0.2) is 4.98 Å². The number of pyridine rings is 1. The number of hydrogen-bond acceptors (Lipinski definition) is 6. The lowest BCUT2D eigenvalue weighted by atomic mass is 9.91. The molecule has 2 aromatic heterocycles. The van der Waals surface area contributed by atoms with E-state index in [-0.39, 0.29) is 22.2 Å². The van der Waals surface area contributed by atoms with E-state index in [1.165, 1.54) is 18.2 Å². The molecule has 35 heavy (non-hydrogen) atoms. The van der Waals surface area contributed by atoms with Crippen molar-refractivity contribution in [3.8, 4) is 0 Å². The Morgan fingerprint density at radius 1 is 1.14 bits per heavy atom. The molecule has 0 spiro atoms. The second-order valence-electron chi connectivity index (χ2n) is 10.5. The summed E-state index contributed by atoms with van der Waals surface area (Å²) in [7, 11) is 0. The molecule has 0 radical (unpaired) electrons. The topological polar surface area (TPSA) is 139 Å². The van der Waals surface area contributed by atoms with E-state index in [1.807, 2.05) is 52.1 Å². The Hall–Kier alpha value is -3.95. The normalized spacial score (nSPS) is 12.9. The van der Waals surface area contributed by atoms with Crippen LogP contribution in [0.4, 0.5) is 11.5 Å². The Labute approximate surface area is 203 Å². The number of amides is 1. The summed E-state index contributed by atoms with van der Waals surface area (Å²) in [6.07, 6.45) is 1.38. The van der Waals surface area contributed by atoms with Crippen LogP contribution in [0.2, 0.25) is 0 Å². The van der Waals surface area contributed by atoms with Gasteiger partial charge in [-0.3, -0.25) is 24.1 Å². The second-order valence-corrected chi connectivity index (χ2v) is 10.5. The lowest BCUT2D eigenvalue weighted by Gasteiger charge is -2.25. The minimum atomic E-state index is -1.15. The molecule has 10 nitrogen and oxygen atoms in total. The van der Waals surface area contributed by atoms with Crippen LogP contribution in [-0.4, -0.2) is 36.8 Å². The molecule has 1 unspecified atom stereocenters. The number of rotatable bonds is 7. The molecule has 1 aromatic carbocycles. The molecule has 3 rings (SSSR count). The van der Waals surface area contributed by atoms with E-state index in [0.717, 1.165) is 11.5 Å². The maximum atomic E-state index is 13.4. The second kappa shape index (κ2) is 9.36. The Bertz CT molecular complexity index is 1280. The number of nitro benzene ring substituents is 1. The zero-order valence-electron chi connectivity index (χ0n) is 20.7. The SMILES string of the molecule is CC(C)(C)Nc1c(C(C)(C)C)nc2c(C(=O)NC(CC(=O)O)c3cccc([N+](=O)[O-])c3)cccn12. The zero-order chi connectivity index (χ0) is 26.1. The third-order valence-corrected chi connectivity index (χ3v) is 5.27. The fraction of sp³-hybridized carbons (Fsp3) is 0.400. The predicted molar refractivity (Wildman–Crippen MR) is 133 cm³/mol. The summed E-state index contributed by atoms with van der Waals surface area (Å²) in [4.78, 5) is 40.3. The van der Waals surface area contributed by atoms with Crippen molar-refractivity contribution in [1.82, 2.24) is 14.7 Å². The van der Waals surface area contributed by atoms with Crippen molar-refractivity contribution in [1.29, 1.82) is 0 Å². The van der Waals surface area contributed by atoms with E-state index < -0.39 is 29.3 Å². The first-order valence-corrected chi connectivity index (χ1v) is 11.2. The van der Waals surface area contributed by atoms with Gasteiger partial charge in [-0.2, -0.15) is 0 Å². The number of nitrogens with zero attached hydrogens (tertiary/aromatic N) is 3. The van der Waals surface area contributed by atoms with E-state index in [1.54, 1.807) is 18.2 Å². The average molecular weight is 482 g/mol. The Kier molecular flexibility index (Phi) is 6.86. The van der Waals surface area contributed by atoms with E-state index in [4.69, 9.17) is 4.98 Å². The molecule has 186 valence electrons.